The minimum Gasteiger partial charge on any atom is -0.309 e. The zero-order valence-electron chi connectivity index (χ0n) is 8.96. The molecule has 0 saturated heterocycles. The average Bonchev–Trinajstić information content (AvgIpc) is 2.18. The third-order valence-corrected chi connectivity index (χ3v) is 3.85. The summed E-state index contributed by atoms with van der Waals surface area (Å²) in [4.78, 5) is 2.15. The second kappa shape index (κ2) is 6.51. The Balaban J connectivity index is 2.41. The molecule has 1 aromatic carbocycles. The molecule has 0 saturated carbocycles. The second-order valence-corrected chi connectivity index (χ2v) is 5.47. The van der Waals surface area contributed by atoms with Gasteiger partial charge in [-0.05, 0) is 41.7 Å². The number of hydrogen-bond acceptors (Lipinski definition) is 2. The van der Waals surface area contributed by atoms with Gasteiger partial charge in [-0.1, -0.05) is 12.1 Å². The maximum absolute atomic E-state index is 13.2. The highest BCUT2D eigenvalue weighted by Crippen LogP contribution is 2.24. The van der Waals surface area contributed by atoms with E-state index >= 15 is 0 Å². The van der Waals surface area contributed by atoms with Crippen LogP contribution in [-0.4, -0.2) is 31.3 Å². The summed E-state index contributed by atoms with van der Waals surface area (Å²) in [6.07, 6.45) is 0. The summed E-state index contributed by atoms with van der Waals surface area (Å²) in [5.41, 5.74) is 1.03. The Morgan fingerprint density at radius 1 is 1.40 bits per heavy atom. The van der Waals surface area contributed by atoms with Crippen LogP contribution in [0.5, 0.6) is 0 Å². The molecule has 0 fully saturated rings. The van der Waals surface area contributed by atoms with Crippen molar-refractivity contribution < 1.29 is 4.39 Å². The van der Waals surface area contributed by atoms with Crippen molar-refractivity contribution in [1.29, 1.82) is 0 Å². The van der Waals surface area contributed by atoms with E-state index in [-0.39, 0.29) is 5.82 Å². The fourth-order valence-electron chi connectivity index (χ4n) is 1.09. The molecule has 15 heavy (non-hydrogen) atoms. The van der Waals surface area contributed by atoms with E-state index in [1.807, 2.05) is 17.8 Å². The van der Waals surface area contributed by atoms with Crippen molar-refractivity contribution in [2.45, 2.75) is 5.75 Å². The van der Waals surface area contributed by atoms with Crippen LogP contribution in [0.1, 0.15) is 5.56 Å². The molecule has 0 aromatic heterocycles. The van der Waals surface area contributed by atoms with Gasteiger partial charge in [-0.25, -0.2) is 4.39 Å². The molecule has 1 rings (SSSR count). The van der Waals surface area contributed by atoms with Crippen LogP contribution in [0, 0.1) is 5.82 Å². The molecule has 84 valence electrons. The fraction of sp³-hybridized carbons (Fsp3) is 0.455. The quantitative estimate of drug-likeness (QED) is 0.765. The van der Waals surface area contributed by atoms with Crippen molar-refractivity contribution in [3.63, 3.8) is 0 Å². The minimum atomic E-state index is -0.180. The summed E-state index contributed by atoms with van der Waals surface area (Å²) in [5.74, 6) is 1.74. The topological polar surface area (TPSA) is 3.24 Å². The molecule has 0 spiro atoms. The number of hydrogen-bond donors (Lipinski definition) is 0. The molecular formula is C11H15BrFNS. The molecule has 0 atom stereocenters. The number of halogens is 2. The standard InChI is InChI=1S/C11H15BrFNS/c1-14(2)6-7-15-8-9-4-3-5-10(13)11(9)12/h3-5H,6-8H2,1-2H3. The van der Waals surface area contributed by atoms with Gasteiger partial charge in [0.2, 0.25) is 0 Å². The SMILES string of the molecule is CN(C)CCSCc1cccc(F)c1Br. The van der Waals surface area contributed by atoms with Crippen molar-refractivity contribution in [2.75, 3.05) is 26.4 Å². The first-order valence-corrected chi connectivity index (χ1v) is 6.71. The highest BCUT2D eigenvalue weighted by atomic mass is 79.9. The molecule has 0 bridgehead atoms. The molecule has 0 radical (unpaired) electrons. The van der Waals surface area contributed by atoms with E-state index in [0.29, 0.717) is 4.47 Å². The number of benzene rings is 1. The van der Waals surface area contributed by atoms with Gasteiger partial charge in [0.1, 0.15) is 5.82 Å². The maximum atomic E-state index is 13.2. The zero-order valence-corrected chi connectivity index (χ0v) is 11.4. The first-order chi connectivity index (χ1) is 7.11. The van der Waals surface area contributed by atoms with Crippen molar-refractivity contribution >= 4 is 27.7 Å². The van der Waals surface area contributed by atoms with E-state index in [9.17, 15) is 4.39 Å². The maximum Gasteiger partial charge on any atom is 0.137 e. The molecule has 0 heterocycles. The Kier molecular flexibility index (Phi) is 5.64. The van der Waals surface area contributed by atoms with Crippen LogP contribution in [0.25, 0.3) is 0 Å². The number of rotatable bonds is 5. The van der Waals surface area contributed by atoms with E-state index in [0.717, 1.165) is 23.6 Å². The molecule has 1 aromatic rings. The second-order valence-electron chi connectivity index (χ2n) is 3.57. The summed E-state index contributed by atoms with van der Waals surface area (Å²) in [6.45, 7) is 1.05. The summed E-state index contributed by atoms with van der Waals surface area (Å²) in [5, 5.41) is 0. The van der Waals surface area contributed by atoms with Gasteiger partial charge in [0.05, 0.1) is 4.47 Å². The summed E-state index contributed by atoms with van der Waals surface area (Å²) < 4.78 is 13.8. The minimum absolute atomic E-state index is 0.180. The molecule has 0 aliphatic heterocycles. The smallest absolute Gasteiger partial charge is 0.137 e. The Bertz CT molecular complexity index is 317. The highest BCUT2D eigenvalue weighted by molar-refractivity contribution is 9.10. The normalized spacial score (nSPS) is 11.0. The van der Waals surface area contributed by atoms with E-state index in [4.69, 9.17) is 0 Å². The van der Waals surface area contributed by atoms with Gasteiger partial charge >= 0.3 is 0 Å². The van der Waals surface area contributed by atoms with Crippen molar-refractivity contribution in [3.8, 4) is 0 Å². The van der Waals surface area contributed by atoms with E-state index in [1.165, 1.54) is 6.07 Å². The molecule has 4 heteroatoms. The van der Waals surface area contributed by atoms with Gasteiger partial charge in [-0.15, -0.1) is 0 Å². The van der Waals surface area contributed by atoms with Crippen LogP contribution in [0.3, 0.4) is 0 Å². The Hall–Kier alpha value is -0.0600. The lowest BCUT2D eigenvalue weighted by atomic mass is 10.2. The first kappa shape index (κ1) is 13.0. The predicted molar refractivity (Wildman–Crippen MR) is 68.8 cm³/mol. The molecule has 1 nitrogen and oxygen atoms in total. The lowest BCUT2D eigenvalue weighted by Gasteiger charge is -2.09. The van der Waals surface area contributed by atoms with Crippen LogP contribution >= 0.6 is 27.7 Å². The number of nitrogens with zero attached hydrogens (tertiary/aromatic N) is 1. The van der Waals surface area contributed by atoms with Gasteiger partial charge in [0.15, 0.2) is 0 Å². The molecule has 0 aliphatic rings. The van der Waals surface area contributed by atoms with E-state index in [1.54, 1.807) is 6.07 Å². The van der Waals surface area contributed by atoms with Crippen LogP contribution < -0.4 is 0 Å². The summed E-state index contributed by atoms with van der Waals surface area (Å²) in [7, 11) is 4.11. The third kappa shape index (κ3) is 4.53. The number of thioether (sulfide) groups is 1. The molecule has 0 amide bonds. The van der Waals surface area contributed by atoms with Crippen molar-refractivity contribution in [3.05, 3.63) is 34.1 Å². The fourth-order valence-corrected chi connectivity index (χ4v) is 2.78. The van der Waals surface area contributed by atoms with Crippen LogP contribution in [0.2, 0.25) is 0 Å². The lowest BCUT2D eigenvalue weighted by Crippen LogP contribution is -2.14. The highest BCUT2D eigenvalue weighted by Gasteiger charge is 2.04. The van der Waals surface area contributed by atoms with Gasteiger partial charge < -0.3 is 4.90 Å². The summed E-state index contributed by atoms with van der Waals surface area (Å²) in [6, 6.07) is 5.18. The van der Waals surface area contributed by atoms with Gasteiger partial charge in [0.25, 0.3) is 0 Å². The monoisotopic (exact) mass is 291 g/mol. The van der Waals surface area contributed by atoms with Gasteiger partial charge in [-0.3, -0.25) is 0 Å². The lowest BCUT2D eigenvalue weighted by molar-refractivity contribution is 0.437. The Morgan fingerprint density at radius 2 is 2.13 bits per heavy atom. The Morgan fingerprint density at radius 3 is 2.80 bits per heavy atom. The molecule has 0 unspecified atom stereocenters. The largest absolute Gasteiger partial charge is 0.309 e. The van der Waals surface area contributed by atoms with Crippen molar-refractivity contribution in [1.82, 2.24) is 4.90 Å². The molecule has 0 N–H and O–H groups in total. The average molecular weight is 292 g/mol. The van der Waals surface area contributed by atoms with Crippen LogP contribution in [-0.2, 0) is 5.75 Å². The molecule has 0 aliphatic carbocycles. The van der Waals surface area contributed by atoms with Gasteiger partial charge in [-0.2, -0.15) is 11.8 Å². The zero-order chi connectivity index (χ0) is 11.3. The first-order valence-electron chi connectivity index (χ1n) is 4.76. The van der Waals surface area contributed by atoms with Crippen LogP contribution in [0.4, 0.5) is 4.39 Å². The third-order valence-electron chi connectivity index (χ3n) is 1.97. The van der Waals surface area contributed by atoms with Crippen molar-refractivity contribution in [2.24, 2.45) is 0 Å². The van der Waals surface area contributed by atoms with Gasteiger partial charge in [0, 0.05) is 18.1 Å². The Labute approximate surface area is 103 Å². The van der Waals surface area contributed by atoms with Crippen LogP contribution in [0.15, 0.2) is 22.7 Å². The summed E-state index contributed by atoms with van der Waals surface area (Å²) >= 11 is 5.08. The molecular weight excluding hydrogens is 277 g/mol. The van der Waals surface area contributed by atoms with E-state index < -0.39 is 0 Å². The predicted octanol–water partition coefficient (Wildman–Crippen LogP) is 3.38. The van der Waals surface area contributed by atoms with E-state index in [2.05, 4.69) is 34.9 Å².